The van der Waals surface area contributed by atoms with E-state index in [0.717, 1.165) is 0 Å². The van der Waals surface area contributed by atoms with Gasteiger partial charge in [-0.15, -0.1) is 0 Å². The maximum absolute atomic E-state index is 12.5. The van der Waals surface area contributed by atoms with Crippen LogP contribution in [0.2, 0.25) is 0 Å². The molecule has 1 N–H and O–H groups in total. The lowest BCUT2D eigenvalue weighted by molar-refractivity contribution is 0.102. The highest BCUT2D eigenvalue weighted by atomic mass is 32.2. The summed E-state index contributed by atoms with van der Waals surface area (Å²) in [5.74, 6) is 0.317. The largest absolute Gasteiger partial charge is 0.489 e. The van der Waals surface area contributed by atoms with Crippen molar-refractivity contribution in [2.75, 3.05) is 22.4 Å². The Morgan fingerprint density at radius 3 is 2.31 bits per heavy atom. The number of carbonyl (C=O) groups is 1. The summed E-state index contributed by atoms with van der Waals surface area (Å²) in [7, 11) is -1.84. The number of rotatable bonds is 7. The minimum Gasteiger partial charge on any atom is -0.489 e. The second-order valence-electron chi connectivity index (χ2n) is 6.03. The molecule has 0 aliphatic rings. The van der Waals surface area contributed by atoms with E-state index in [-0.39, 0.29) is 17.8 Å². The molecule has 0 atom stereocenters. The Hall–Kier alpha value is -2.54. The Bertz CT molecular complexity index is 861. The summed E-state index contributed by atoms with van der Waals surface area (Å²) in [4.78, 5) is 12.5. The third kappa shape index (κ3) is 4.76. The van der Waals surface area contributed by atoms with Crippen molar-refractivity contribution in [2.45, 2.75) is 26.9 Å². The summed E-state index contributed by atoms with van der Waals surface area (Å²) in [6.07, 6.45) is -0.0108. The smallest absolute Gasteiger partial charge is 0.255 e. The van der Waals surface area contributed by atoms with Crippen LogP contribution in [0.15, 0.2) is 48.5 Å². The van der Waals surface area contributed by atoms with E-state index in [1.165, 1.54) is 11.4 Å². The number of benzene rings is 2. The van der Waals surface area contributed by atoms with Gasteiger partial charge in [0.15, 0.2) is 0 Å². The lowest BCUT2D eigenvalue weighted by atomic mass is 10.2. The van der Waals surface area contributed by atoms with Crippen LogP contribution >= 0.6 is 0 Å². The molecule has 0 fully saturated rings. The fraction of sp³-hybridized carbons (Fsp3) is 0.316. The zero-order valence-electron chi connectivity index (χ0n) is 15.4. The number of nitrogens with one attached hydrogen (secondary N) is 1. The van der Waals surface area contributed by atoms with Gasteiger partial charge in [0, 0.05) is 12.6 Å². The molecular formula is C19H24N2O4S. The summed E-state index contributed by atoms with van der Waals surface area (Å²) in [6, 6.07) is 13.6. The van der Waals surface area contributed by atoms with Crippen molar-refractivity contribution < 1.29 is 17.9 Å². The minimum atomic E-state index is -3.33. The summed E-state index contributed by atoms with van der Waals surface area (Å²) < 4.78 is 30.7. The van der Waals surface area contributed by atoms with Crippen LogP contribution in [-0.2, 0) is 10.0 Å². The molecule has 0 spiro atoms. The van der Waals surface area contributed by atoms with Gasteiger partial charge in [-0.25, -0.2) is 8.42 Å². The molecule has 0 aliphatic carbocycles. The maximum atomic E-state index is 12.5. The molecule has 7 heteroatoms. The first-order chi connectivity index (χ1) is 12.2. The van der Waals surface area contributed by atoms with Crippen LogP contribution in [0.25, 0.3) is 0 Å². The van der Waals surface area contributed by atoms with E-state index in [4.69, 9.17) is 4.74 Å². The highest BCUT2D eigenvalue weighted by Gasteiger charge is 2.16. The van der Waals surface area contributed by atoms with Crippen molar-refractivity contribution in [3.8, 4) is 5.75 Å². The van der Waals surface area contributed by atoms with Crippen molar-refractivity contribution in [1.82, 2.24) is 0 Å². The van der Waals surface area contributed by atoms with E-state index in [2.05, 4.69) is 5.32 Å². The molecule has 140 valence electrons. The van der Waals surface area contributed by atoms with Crippen LogP contribution in [-0.4, -0.2) is 33.2 Å². The number of hydrogen-bond acceptors (Lipinski definition) is 4. The van der Waals surface area contributed by atoms with E-state index < -0.39 is 10.0 Å². The number of ether oxygens (including phenoxy) is 1. The highest BCUT2D eigenvalue weighted by Crippen LogP contribution is 2.26. The molecule has 2 aromatic carbocycles. The maximum Gasteiger partial charge on any atom is 0.255 e. The van der Waals surface area contributed by atoms with E-state index in [1.54, 1.807) is 43.3 Å². The first kappa shape index (κ1) is 19.8. The van der Waals surface area contributed by atoms with E-state index in [1.807, 2.05) is 26.0 Å². The molecule has 0 saturated heterocycles. The SMILES string of the molecule is CCS(=O)(=O)N(C)c1ccc(C(=O)Nc2ccccc2OC(C)C)cc1. The number of hydrogen-bond donors (Lipinski definition) is 1. The van der Waals surface area contributed by atoms with Crippen LogP contribution in [0, 0.1) is 0 Å². The van der Waals surface area contributed by atoms with E-state index in [0.29, 0.717) is 22.7 Å². The van der Waals surface area contributed by atoms with Gasteiger partial charge < -0.3 is 10.1 Å². The van der Waals surface area contributed by atoms with Crippen LogP contribution in [0.5, 0.6) is 5.75 Å². The van der Waals surface area contributed by atoms with Crippen LogP contribution < -0.4 is 14.4 Å². The summed E-state index contributed by atoms with van der Waals surface area (Å²) in [5, 5.41) is 2.83. The second kappa shape index (κ2) is 8.23. The van der Waals surface area contributed by atoms with Crippen LogP contribution in [0.1, 0.15) is 31.1 Å². The third-order valence-electron chi connectivity index (χ3n) is 3.77. The topological polar surface area (TPSA) is 75.7 Å². The number of carbonyl (C=O) groups excluding carboxylic acids is 1. The standard InChI is InChI=1S/C19H24N2O4S/c1-5-26(23,24)21(4)16-12-10-15(11-13-16)19(22)20-17-8-6-7-9-18(17)25-14(2)3/h6-14H,5H2,1-4H3,(H,20,22). The minimum absolute atomic E-state index is 0.0108. The molecule has 6 nitrogen and oxygen atoms in total. The molecule has 0 aliphatic heterocycles. The Kier molecular flexibility index (Phi) is 6.26. The molecule has 0 unspecified atom stereocenters. The zero-order valence-corrected chi connectivity index (χ0v) is 16.2. The average Bonchev–Trinajstić information content (AvgIpc) is 2.62. The van der Waals surface area contributed by atoms with Gasteiger partial charge in [0.05, 0.1) is 23.2 Å². The predicted molar refractivity (Wildman–Crippen MR) is 104 cm³/mol. The first-order valence-corrected chi connectivity index (χ1v) is 9.99. The van der Waals surface area contributed by atoms with Gasteiger partial charge >= 0.3 is 0 Å². The van der Waals surface area contributed by atoms with E-state index in [9.17, 15) is 13.2 Å². The quantitative estimate of drug-likeness (QED) is 0.802. The number of sulfonamides is 1. The zero-order chi connectivity index (χ0) is 19.3. The van der Waals surface area contributed by atoms with Gasteiger partial charge in [-0.2, -0.15) is 0 Å². The average molecular weight is 376 g/mol. The molecule has 0 heterocycles. The van der Waals surface area contributed by atoms with Gasteiger partial charge in [-0.1, -0.05) is 12.1 Å². The summed E-state index contributed by atoms with van der Waals surface area (Å²) in [5.41, 5.74) is 1.52. The van der Waals surface area contributed by atoms with E-state index >= 15 is 0 Å². The molecular weight excluding hydrogens is 352 g/mol. The lowest BCUT2D eigenvalue weighted by Gasteiger charge is -2.18. The fourth-order valence-corrected chi connectivity index (χ4v) is 3.13. The Morgan fingerprint density at radius 1 is 1.12 bits per heavy atom. The third-order valence-corrected chi connectivity index (χ3v) is 5.55. The molecule has 0 aromatic heterocycles. The monoisotopic (exact) mass is 376 g/mol. The summed E-state index contributed by atoms with van der Waals surface area (Å²) >= 11 is 0. The second-order valence-corrected chi connectivity index (χ2v) is 8.32. The van der Waals surface area contributed by atoms with Crippen molar-refractivity contribution >= 4 is 27.3 Å². The predicted octanol–water partition coefficient (Wildman–Crippen LogP) is 3.51. The highest BCUT2D eigenvalue weighted by molar-refractivity contribution is 7.92. The van der Waals surface area contributed by atoms with Gasteiger partial charge in [0.25, 0.3) is 5.91 Å². The molecule has 1 amide bonds. The van der Waals surface area contributed by atoms with Crippen LogP contribution in [0.3, 0.4) is 0 Å². The molecule has 2 rings (SSSR count). The first-order valence-electron chi connectivity index (χ1n) is 8.38. The van der Waals surface area contributed by atoms with Crippen molar-refractivity contribution in [1.29, 1.82) is 0 Å². The number of anilines is 2. The number of para-hydroxylation sites is 2. The van der Waals surface area contributed by atoms with Crippen molar-refractivity contribution in [2.24, 2.45) is 0 Å². The molecule has 2 aromatic rings. The Morgan fingerprint density at radius 2 is 1.73 bits per heavy atom. The lowest BCUT2D eigenvalue weighted by Crippen LogP contribution is -2.28. The number of nitrogens with zero attached hydrogens (tertiary/aromatic N) is 1. The normalized spacial score (nSPS) is 11.3. The fourth-order valence-electron chi connectivity index (χ4n) is 2.30. The molecule has 0 bridgehead atoms. The summed E-state index contributed by atoms with van der Waals surface area (Å²) in [6.45, 7) is 5.42. The van der Waals surface area contributed by atoms with Crippen LogP contribution in [0.4, 0.5) is 11.4 Å². The van der Waals surface area contributed by atoms with Gasteiger partial charge in [-0.05, 0) is 57.2 Å². The van der Waals surface area contributed by atoms with Gasteiger partial charge in [-0.3, -0.25) is 9.10 Å². The Labute approximate surface area is 154 Å². The molecule has 0 radical (unpaired) electrons. The number of amides is 1. The molecule has 26 heavy (non-hydrogen) atoms. The van der Waals surface area contributed by atoms with Gasteiger partial charge in [0.2, 0.25) is 10.0 Å². The van der Waals surface area contributed by atoms with Gasteiger partial charge in [0.1, 0.15) is 5.75 Å². The molecule has 0 saturated carbocycles. The Balaban J connectivity index is 2.17. The van der Waals surface area contributed by atoms with Crippen molar-refractivity contribution in [3.63, 3.8) is 0 Å². The van der Waals surface area contributed by atoms with Crippen molar-refractivity contribution in [3.05, 3.63) is 54.1 Å².